The van der Waals surface area contributed by atoms with Gasteiger partial charge in [-0.1, -0.05) is 0 Å². The molecular formula is C13H13N3O2. The van der Waals surface area contributed by atoms with Gasteiger partial charge >= 0.3 is 0 Å². The van der Waals surface area contributed by atoms with Crippen LogP contribution >= 0.6 is 0 Å². The molecule has 18 heavy (non-hydrogen) atoms. The van der Waals surface area contributed by atoms with Gasteiger partial charge in [-0.2, -0.15) is 0 Å². The van der Waals surface area contributed by atoms with Crippen molar-refractivity contribution in [3.8, 4) is 0 Å². The Labute approximate surface area is 105 Å². The summed E-state index contributed by atoms with van der Waals surface area (Å²) in [7, 11) is 0. The number of hydrogen-bond acceptors (Lipinski definition) is 5. The Morgan fingerprint density at radius 2 is 1.61 bits per heavy atom. The Kier molecular flexibility index (Phi) is 2.66. The highest BCUT2D eigenvalue weighted by Crippen LogP contribution is 2.23. The molecule has 0 atom stereocenters. The van der Waals surface area contributed by atoms with E-state index in [1.807, 2.05) is 4.90 Å². The van der Waals surface area contributed by atoms with Gasteiger partial charge in [-0.25, -0.2) is 9.97 Å². The average molecular weight is 243 g/mol. The molecule has 1 aromatic rings. The molecule has 1 aromatic heterocycles. The summed E-state index contributed by atoms with van der Waals surface area (Å²) in [6.45, 7) is 1.67. The van der Waals surface area contributed by atoms with Gasteiger partial charge < -0.3 is 4.90 Å². The Morgan fingerprint density at radius 1 is 0.944 bits per heavy atom. The van der Waals surface area contributed by atoms with E-state index in [2.05, 4.69) is 9.97 Å². The van der Waals surface area contributed by atoms with Crippen LogP contribution in [0.2, 0.25) is 0 Å². The summed E-state index contributed by atoms with van der Waals surface area (Å²) in [5.41, 5.74) is 0.835. The first-order valence-electron chi connectivity index (χ1n) is 6.14. The molecule has 0 saturated carbocycles. The largest absolute Gasteiger partial charge is 0.368 e. The van der Waals surface area contributed by atoms with Crippen molar-refractivity contribution in [3.63, 3.8) is 0 Å². The van der Waals surface area contributed by atoms with Crippen LogP contribution in [0.3, 0.4) is 0 Å². The quantitative estimate of drug-likeness (QED) is 0.742. The van der Waals surface area contributed by atoms with Crippen LogP contribution in [0.5, 0.6) is 0 Å². The van der Waals surface area contributed by atoms with Gasteiger partial charge in [0.2, 0.25) is 11.6 Å². The minimum Gasteiger partial charge on any atom is -0.368 e. The van der Waals surface area contributed by atoms with Crippen LogP contribution in [0.1, 0.15) is 40.2 Å². The van der Waals surface area contributed by atoms with Crippen LogP contribution in [-0.2, 0) is 0 Å². The third-order valence-electron chi connectivity index (χ3n) is 3.34. The molecule has 0 aromatic carbocycles. The van der Waals surface area contributed by atoms with E-state index in [4.69, 9.17) is 0 Å². The van der Waals surface area contributed by atoms with E-state index in [1.165, 1.54) is 24.9 Å². The van der Waals surface area contributed by atoms with Crippen molar-refractivity contribution in [2.45, 2.75) is 19.3 Å². The number of carbonyl (C=O) groups excluding carboxylic acids is 2. The summed E-state index contributed by atoms with van der Waals surface area (Å²) in [5, 5.41) is 0. The molecule has 0 N–H and O–H groups in total. The Bertz CT molecular complexity index is 545. The number of Topliss-reactive ketones (excluding diaryl/α,β-unsaturated/α-hetero) is 1. The lowest BCUT2D eigenvalue weighted by molar-refractivity contribution is 0.0936. The first-order valence-corrected chi connectivity index (χ1v) is 6.14. The number of likely N-dealkylation sites (tertiary alicyclic amines) is 1. The molecule has 1 aliphatic heterocycles. The highest BCUT2D eigenvalue weighted by atomic mass is 16.1. The van der Waals surface area contributed by atoms with Crippen molar-refractivity contribution in [1.82, 2.24) is 14.9 Å². The smallest absolute Gasteiger partial charge is 0.229 e. The summed E-state index contributed by atoms with van der Waals surface area (Å²) in [5.74, 6) is -0.405. The average Bonchev–Trinajstić information content (AvgIpc) is 2.44. The molecule has 0 amide bonds. The van der Waals surface area contributed by atoms with Gasteiger partial charge in [0.25, 0.3) is 0 Å². The van der Waals surface area contributed by atoms with Crippen molar-refractivity contribution in [3.05, 3.63) is 35.6 Å². The molecule has 92 valence electrons. The van der Waals surface area contributed by atoms with Crippen LogP contribution in [0.4, 0.5) is 0 Å². The lowest BCUT2D eigenvalue weighted by Crippen LogP contribution is -2.36. The second kappa shape index (κ2) is 4.33. The zero-order chi connectivity index (χ0) is 12.5. The summed E-state index contributed by atoms with van der Waals surface area (Å²) in [6, 6.07) is 0. The molecular weight excluding hydrogens is 230 g/mol. The molecule has 0 spiro atoms. The van der Waals surface area contributed by atoms with Gasteiger partial charge in [0.1, 0.15) is 11.4 Å². The number of fused-ring (bicyclic) bond motifs is 1. The number of piperidine rings is 1. The molecule has 5 heteroatoms. The first kappa shape index (κ1) is 11.1. The number of nitrogens with zero attached hydrogens (tertiary/aromatic N) is 3. The number of hydrogen-bond donors (Lipinski definition) is 0. The summed E-state index contributed by atoms with van der Waals surface area (Å²) >= 11 is 0. The molecule has 1 aliphatic carbocycles. The molecule has 0 bridgehead atoms. The minimum absolute atomic E-state index is 0.170. The van der Waals surface area contributed by atoms with E-state index >= 15 is 0 Å². The second-order valence-electron chi connectivity index (χ2n) is 4.52. The van der Waals surface area contributed by atoms with Crippen molar-refractivity contribution in [2.24, 2.45) is 0 Å². The summed E-state index contributed by atoms with van der Waals surface area (Å²) in [6.07, 6.45) is 7.60. The van der Waals surface area contributed by atoms with E-state index < -0.39 is 0 Å². The maximum absolute atomic E-state index is 12.3. The third-order valence-corrected chi connectivity index (χ3v) is 3.34. The molecule has 1 saturated heterocycles. The molecule has 5 nitrogen and oxygen atoms in total. The second-order valence-corrected chi connectivity index (χ2v) is 4.52. The predicted octanol–water partition coefficient (Wildman–Crippen LogP) is 1.23. The highest BCUT2D eigenvalue weighted by molar-refractivity contribution is 6.22. The van der Waals surface area contributed by atoms with Gasteiger partial charge in [0.15, 0.2) is 0 Å². The van der Waals surface area contributed by atoms with Gasteiger partial charge in [-0.15, -0.1) is 0 Å². The van der Waals surface area contributed by atoms with E-state index in [0.717, 1.165) is 25.9 Å². The lowest BCUT2D eigenvalue weighted by Gasteiger charge is -2.31. The van der Waals surface area contributed by atoms with Crippen molar-refractivity contribution < 1.29 is 9.59 Å². The Balaban J connectivity index is 1.98. The number of allylic oxidation sites excluding steroid dienone is 2. The van der Waals surface area contributed by atoms with Gasteiger partial charge in [-0.3, -0.25) is 9.59 Å². The lowest BCUT2D eigenvalue weighted by atomic mass is 9.99. The summed E-state index contributed by atoms with van der Waals surface area (Å²) in [4.78, 5) is 34.1. The summed E-state index contributed by atoms with van der Waals surface area (Å²) < 4.78 is 0. The van der Waals surface area contributed by atoms with Gasteiger partial charge in [0.05, 0.1) is 5.70 Å². The van der Waals surface area contributed by atoms with Crippen LogP contribution in [0, 0.1) is 0 Å². The fourth-order valence-electron chi connectivity index (χ4n) is 2.43. The first-order chi connectivity index (χ1) is 8.77. The minimum atomic E-state index is -0.224. The van der Waals surface area contributed by atoms with Crippen LogP contribution in [0.25, 0.3) is 0 Å². The van der Waals surface area contributed by atoms with Gasteiger partial charge in [-0.05, 0) is 19.3 Å². The van der Waals surface area contributed by atoms with Crippen molar-refractivity contribution in [2.75, 3.05) is 13.1 Å². The normalized spacial score (nSPS) is 19.6. The highest BCUT2D eigenvalue weighted by Gasteiger charge is 2.31. The maximum atomic E-state index is 12.3. The van der Waals surface area contributed by atoms with Crippen LogP contribution < -0.4 is 0 Å². The number of rotatable bonds is 1. The van der Waals surface area contributed by atoms with Crippen molar-refractivity contribution >= 4 is 11.6 Å². The zero-order valence-corrected chi connectivity index (χ0v) is 9.93. The standard InChI is InChI=1S/C13H13N3O2/c17-10-8-9(16-6-2-1-3-7-16)13(18)12-11(10)14-4-5-15-12/h4-5,8H,1-3,6-7H2. The number of ketones is 2. The fraction of sp³-hybridized carbons (Fsp3) is 0.385. The molecule has 3 rings (SSSR count). The molecule has 2 aliphatic rings. The number of aromatic nitrogens is 2. The van der Waals surface area contributed by atoms with E-state index in [-0.39, 0.29) is 23.0 Å². The fourth-order valence-corrected chi connectivity index (χ4v) is 2.43. The molecule has 0 unspecified atom stereocenters. The number of carbonyl (C=O) groups is 2. The zero-order valence-electron chi connectivity index (χ0n) is 9.93. The Hall–Kier alpha value is -2.04. The van der Waals surface area contributed by atoms with E-state index in [0.29, 0.717) is 5.70 Å². The van der Waals surface area contributed by atoms with Crippen molar-refractivity contribution in [1.29, 1.82) is 0 Å². The van der Waals surface area contributed by atoms with E-state index in [1.54, 1.807) is 0 Å². The van der Waals surface area contributed by atoms with E-state index in [9.17, 15) is 9.59 Å². The Morgan fingerprint density at radius 3 is 2.33 bits per heavy atom. The topological polar surface area (TPSA) is 63.2 Å². The van der Waals surface area contributed by atoms with Crippen LogP contribution in [-0.4, -0.2) is 39.5 Å². The SMILES string of the molecule is O=C1C=C(N2CCCCC2)C(=O)c2nccnc21. The monoisotopic (exact) mass is 243 g/mol. The maximum Gasteiger partial charge on any atom is 0.229 e. The predicted molar refractivity (Wildman–Crippen MR) is 64.2 cm³/mol. The molecule has 2 heterocycles. The molecule has 1 fully saturated rings. The van der Waals surface area contributed by atoms with Gasteiger partial charge in [0, 0.05) is 31.6 Å². The molecule has 0 radical (unpaired) electrons. The third kappa shape index (κ3) is 1.72. The van der Waals surface area contributed by atoms with Crippen LogP contribution in [0.15, 0.2) is 24.2 Å².